The highest BCUT2D eigenvalue weighted by atomic mass is 19.1. The smallest absolute Gasteiger partial charge is 0.261 e. The first kappa shape index (κ1) is 13.0. The topological polar surface area (TPSA) is 126 Å². The fourth-order valence-electron chi connectivity index (χ4n) is 2.35. The minimum absolute atomic E-state index is 0.0922. The first-order chi connectivity index (χ1) is 9.52. The first-order valence-electron chi connectivity index (χ1n) is 5.97. The number of nitrogen functional groups attached to an aromatic ring is 1. The lowest BCUT2D eigenvalue weighted by Crippen LogP contribution is -2.29. The summed E-state index contributed by atoms with van der Waals surface area (Å²) in [5.74, 6) is -0.0922. The standard InChI is InChI=1S/C11H13FN4O4/c12-6-5(3-17)20-10(7(6)18)16-2-1-4-8(16)14-11(13)15-9(4)19/h1-2,5-7,10,17-18H,3H2,(H3,13,14,15,19)/t5-,6-,7-,10?/m1/s1. The van der Waals surface area contributed by atoms with Crippen LogP contribution in [0.2, 0.25) is 0 Å². The van der Waals surface area contributed by atoms with Crippen LogP contribution in [0.1, 0.15) is 6.23 Å². The van der Waals surface area contributed by atoms with E-state index in [-0.39, 0.29) is 17.0 Å². The Labute approximate surface area is 111 Å². The number of aliphatic hydroxyl groups excluding tert-OH is 2. The van der Waals surface area contributed by atoms with Crippen LogP contribution in [0.3, 0.4) is 0 Å². The molecule has 1 unspecified atom stereocenters. The van der Waals surface area contributed by atoms with Crippen LogP contribution in [-0.2, 0) is 4.74 Å². The van der Waals surface area contributed by atoms with Crippen molar-refractivity contribution in [1.29, 1.82) is 0 Å². The van der Waals surface area contributed by atoms with Gasteiger partial charge in [0.25, 0.3) is 5.56 Å². The van der Waals surface area contributed by atoms with Gasteiger partial charge in [0.1, 0.15) is 12.2 Å². The number of nitrogens with two attached hydrogens (primary N) is 1. The van der Waals surface area contributed by atoms with Crippen molar-refractivity contribution in [2.75, 3.05) is 12.3 Å². The van der Waals surface area contributed by atoms with Crippen LogP contribution in [0.15, 0.2) is 17.1 Å². The zero-order valence-corrected chi connectivity index (χ0v) is 10.2. The molecule has 2 aromatic rings. The summed E-state index contributed by atoms with van der Waals surface area (Å²) in [6, 6.07) is 1.47. The fraction of sp³-hybridized carbons (Fsp3) is 0.455. The molecule has 9 heteroatoms. The molecule has 2 aromatic heterocycles. The Morgan fingerprint density at radius 2 is 2.35 bits per heavy atom. The Morgan fingerprint density at radius 3 is 3.00 bits per heavy atom. The van der Waals surface area contributed by atoms with Gasteiger partial charge in [-0.1, -0.05) is 0 Å². The number of halogens is 1. The van der Waals surface area contributed by atoms with Crippen molar-refractivity contribution in [1.82, 2.24) is 14.5 Å². The number of H-pyrrole nitrogens is 1. The lowest BCUT2D eigenvalue weighted by atomic mass is 10.1. The van der Waals surface area contributed by atoms with Crippen molar-refractivity contribution in [3.8, 4) is 0 Å². The number of aliphatic hydroxyl groups is 2. The third kappa shape index (κ3) is 1.79. The second-order valence-corrected chi connectivity index (χ2v) is 4.59. The Morgan fingerprint density at radius 1 is 1.60 bits per heavy atom. The molecule has 20 heavy (non-hydrogen) atoms. The number of anilines is 1. The Hall–Kier alpha value is -1.97. The maximum atomic E-state index is 13.7. The molecule has 0 spiro atoms. The van der Waals surface area contributed by atoms with Crippen LogP contribution in [0.5, 0.6) is 0 Å². The van der Waals surface area contributed by atoms with E-state index in [1.807, 2.05) is 0 Å². The molecule has 8 nitrogen and oxygen atoms in total. The molecule has 1 aliphatic heterocycles. The molecular weight excluding hydrogens is 271 g/mol. The van der Waals surface area contributed by atoms with Crippen LogP contribution in [0, 0.1) is 0 Å². The number of aromatic amines is 1. The summed E-state index contributed by atoms with van der Waals surface area (Å²) >= 11 is 0. The third-order valence-corrected chi connectivity index (χ3v) is 3.34. The van der Waals surface area contributed by atoms with Crippen molar-refractivity contribution < 1.29 is 19.3 Å². The van der Waals surface area contributed by atoms with E-state index < -0.39 is 36.8 Å². The van der Waals surface area contributed by atoms with Gasteiger partial charge < -0.3 is 25.3 Å². The summed E-state index contributed by atoms with van der Waals surface area (Å²) in [6.45, 7) is -0.552. The minimum atomic E-state index is -1.72. The number of fused-ring (bicyclic) bond motifs is 1. The normalized spacial score (nSPS) is 30.1. The average Bonchev–Trinajstić information content (AvgIpc) is 2.93. The molecule has 0 aliphatic carbocycles. The molecule has 108 valence electrons. The number of hydrogen-bond acceptors (Lipinski definition) is 6. The van der Waals surface area contributed by atoms with Gasteiger partial charge in [-0.25, -0.2) is 4.39 Å². The summed E-state index contributed by atoms with van der Waals surface area (Å²) in [6.07, 6.45) is -3.93. The van der Waals surface area contributed by atoms with Gasteiger partial charge in [-0.15, -0.1) is 0 Å². The van der Waals surface area contributed by atoms with E-state index in [0.717, 1.165) is 0 Å². The zero-order valence-electron chi connectivity index (χ0n) is 10.2. The first-order valence-corrected chi connectivity index (χ1v) is 5.97. The van der Waals surface area contributed by atoms with E-state index in [1.54, 1.807) is 0 Å². The zero-order chi connectivity index (χ0) is 14.4. The van der Waals surface area contributed by atoms with Crippen LogP contribution >= 0.6 is 0 Å². The monoisotopic (exact) mass is 284 g/mol. The van der Waals surface area contributed by atoms with Crippen molar-refractivity contribution in [3.63, 3.8) is 0 Å². The maximum absolute atomic E-state index is 13.7. The highest BCUT2D eigenvalue weighted by molar-refractivity contribution is 5.76. The highest BCUT2D eigenvalue weighted by Crippen LogP contribution is 2.33. The summed E-state index contributed by atoms with van der Waals surface area (Å²) in [5.41, 5.74) is 5.22. The van der Waals surface area contributed by atoms with Gasteiger partial charge in [-0.05, 0) is 6.07 Å². The van der Waals surface area contributed by atoms with Crippen molar-refractivity contribution in [3.05, 3.63) is 22.6 Å². The van der Waals surface area contributed by atoms with Crippen LogP contribution in [0.4, 0.5) is 10.3 Å². The van der Waals surface area contributed by atoms with Crippen molar-refractivity contribution in [2.24, 2.45) is 0 Å². The van der Waals surface area contributed by atoms with Gasteiger partial charge in [0.2, 0.25) is 5.95 Å². The number of nitrogens with one attached hydrogen (secondary N) is 1. The Kier molecular flexibility index (Phi) is 2.96. The van der Waals surface area contributed by atoms with Crippen molar-refractivity contribution in [2.45, 2.75) is 24.6 Å². The quantitative estimate of drug-likeness (QED) is 0.554. The number of nitrogens with zero attached hydrogens (tertiary/aromatic N) is 2. The summed E-state index contributed by atoms with van der Waals surface area (Å²) < 4.78 is 20.3. The van der Waals surface area contributed by atoms with Gasteiger partial charge in [0, 0.05) is 6.20 Å². The maximum Gasteiger partial charge on any atom is 0.261 e. The van der Waals surface area contributed by atoms with Gasteiger partial charge in [0.15, 0.2) is 18.0 Å². The molecule has 1 fully saturated rings. The number of rotatable bonds is 2. The third-order valence-electron chi connectivity index (χ3n) is 3.34. The molecule has 4 atom stereocenters. The molecular formula is C11H13FN4O4. The summed E-state index contributed by atoms with van der Waals surface area (Å²) in [5, 5.41) is 19.1. The second-order valence-electron chi connectivity index (χ2n) is 4.59. The average molecular weight is 284 g/mol. The molecule has 5 N–H and O–H groups in total. The highest BCUT2D eigenvalue weighted by Gasteiger charge is 2.45. The molecule has 0 radical (unpaired) electrons. The number of hydrogen-bond donors (Lipinski definition) is 4. The largest absolute Gasteiger partial charge is 0.394 e. The fourth-order valence-corrected chi connectivity index (χ4v) is 2.35. The number of aromatic nitrogens is 3. The molecule has 0 saturated carbocycles. The van der Waals surface area contributed by atoms with Crippen LogP contribution < -0.4 is 11.3 Å². The number of ether oxygens (including phenoxy) is 1. The van der Waals surface area contributed by atoms with E-state index in [0.29, 0.717) is 0 Å². The molecule has 1 saturated heterocycles. The van der Waals surface area contributed by atoms with E-state index in [9.17, 15) is 14.3 Å². The predicted octanol–water partition coefficient (Wildman–Crippen LogP) is -1.10. The van der Waals surface area contributed by atoms with Gasteiger partial charge >= 0.3 is 0 Å². The van der Waals surface area contributed by atoms with Crippen LogP contribution in [0.25, 0.3) is 11.0 Å². The molecule has 3 rings (SSSR count). The van der Waals surface area contributed by atoms with Crippen LogP contribution in [-0.4, -0.2) is 49.7 Å². The number of alkyl halides is 1. The molecule has 0 bridgehead atoms. The molecule has 1 aliphatic rings. The molecule has 0 amide bonds. The minimum Gasteiger partial charge on any atom is -0.394 e. The predicted molar refractivity (Wildman–Crippen MR) is 66.7 cm³/mol. The van der Waals surface area contributed by atoms with Gasteiger partial charge in [-0.3, -0.25) is 9.78 Å². The van der Waals surface area contributed by atoms with E-state index in [2.05, 4.69) is 9.97 Å². The van der Waals surface area contributed by atoms with E-state index in [4.69, 9.17) is 15.6 Å². The summed E-state index contributed by atoms with van der Waals surface area (Å²) in [7, 11) is 0. The van der Waals surface area contributed by atoms with E-state index >= 15 is 0 Å². The Bertz CT molecular complexity index is 699. The lowest BCUT2D eigenvalue weighted by molar-refractivity contribution is -0.0492. The Balaban J connectivity index is 2.09. The molecule has 3 heterocycles. The van der Waals surface area contributed by atoms with E-state index in [1.165, 1.54) is 16.8 Å². The molecule has 0 aromatic carbocycles. The summed E-state index contributed by atoms with van der Waals surface area (Å²) in [4.78, 5) is 18.0. The van der Waals surface area contributed by atoms with Gasteiger partial charge in [-0.2, -0.15) is 4.98 Å². The second kappa shape index (κ2) is 4.54. The SMILES string of the molecule is Nc1nc2c(ccn2C2O[C@H](CO)[C@@H](F)[C@H]2O)c(=O)[nH]1. The van der Waals surface area contributed by atoms with Crippen molar-refractivity contribution >= 4 is 17.0 Å². The van der Waals surface area contributed by atoms with Gasteiger partial charge in [0.05, 0.1) is 12.0 Å². The lowest BCUT2D eigenvalue weighted by Gasteiger charge is -2.16.